The molecule has 4 heteroatoms. The Morgan fingerprint density at radius 3 is 2.87 bits per heavy atom. The van der Waals surface area contributed by atoms with Gasteiger partial charge in [0.25, 0.3) is 0 Å². The maximum atomic E-state index is 10.2. The summed E-state index contributed by atoms with van der Waals surface area (Å²) in [5.74, 6) is 0. The van der Waals surface area contributed by atoms with E-state index in [0.29, 0.717) is 0 Å². The molecule has 0 bridgehead atoms. The number of hydrogen-bond acceptors (Lipinski definition) is 3. The fourth-order valence-electron chi connectivity index (χ4n) is 3.43. The van der Waals surface area contributed by atoms with Gasteiger partial charge in [0.2, 0.25) is 0 Å². The van der Waals surface area contributed by atoms with Crippen molar-refractivity contribution in [1.29, 1.82) is 0 Å². The lowest BCUT2D eigenvalue weighted by Gasteiger charge is -2.38. The molecular weight excluding hydrogens is 286 g/mol. The summed E-state index contributed by atoms with van der Waals surface area (Å²) in [4.78, 5) is 0. The minimum atomic E-state index is -0.176. The molecule has 1 fully saturated rings. The molecule has 0 radical (unpaired) electrons. The van der Waals surface area contributed by atoms with Crippen molar-refractivity contribution in [2.75, 3.05) is 6.54 Å². The van der Waals surface area contributed by atoms with Gasteiger partial charge in [-0.2, -0.15) is 5.10 Å². The molecule has 0 spiro atoms. The van der Waals surface area contributed by atoms with Crippen LogP contribution in [0.15, 0.2) is 42.7 Å². The number of hydrogen-bond donors (Lipinski definition) is 2. The fraction of sp³-hybridized carbons (Fsp3) is 0.526. The van der Waals surface area contributed by atoms with Crippen LogP contribution >= 0.6 is 0 Å². The van der Waals surface area contributed by atoms with Gasteiger partial charge in [0.05, 0.1) is 18.8 Å². The highest BCUT2D eigenvalue weighted by Crippen LogP contribution is 2.35. The van der Waals surface area contributed by atoms with Gasteiger partial charge in [0.15, 0.2) is 0 Å². The fourth-order valence-corrected chi connectivity index (χ4v) is 3.43. The average molecular weight is 313 g/mol. The topological polar surface area (TPSA) is 50.1 Å². The largest absolute Gasteiger partial charge is 0.393 e. The van der Waals surface area contributed by atoms with Gasteiger partial charge in [-0.05, 0) is 18.4 Å². The maximum Gasteiger partial charge on any atom is 0.0659 e. The summed E-state index contributed by atoms with van der Waals surface area (Å²) in [6.45, 7) is 4.66. The molecule has 2 atom stereocenters. The lowest BCUT2D eigenvalue weighted by Crippen LogP contribution is -2.43. The van der Waals surface area contributed by atoms with Crippen molar-refractivity contribution in [3.63, 3.8) is 0 Å². The summed E-state index contributed by atoms with van der Waals surface area (Å²) in [7, 11) is 0. The Morgan fingerprint density at radius 1 is 1.26 bits per heavy atom. The molecule has 0 saturated heterocycles. The first kappa shape index (κ1) is 16.2. The second-order valence-electron chi connectivity index (χ2n) is 7.05. The van der Waals surface area contributed by atoms with Crippen molar-refractivity contribution in [2.45, 2.75) is 51.8 Å². The second-order valence-corrected chi connectivity index (χ2v) is 7.05. The van der Waals surface area contributed by atoms with E-state index in [2.05, 4.69) is 47.8 Å². The van der Waals surface area contributed by atoms with Crippen LogP contribution in [0.25, 0.3) is 0 Å². The summed E-state index contributed by atoms with van der Waals surface area (Å²) < 4.78 is 1.98. The molecule has 0 amide bonds. The van der Waals surface area contributed by atoms with Crippen LogP contribution in [0.3, 0.4) is 0 Å². The quantitative estimate of drug-likeness (QED) is 0.862. The molecule has 1 aliphatic carbocycles. The minimum Gasteiger partial charge on any atom is -0.393 e. The number of aliphatic hydroxyl groups is 1. The van der Waals surface area contributed by atoms with E-state index < -0.39 is 0 Å². The van der Waals surface area contributed by atoms with Crippen LogP contribution in [0.4, 0.5) is 0 Å². The Morgan fingerprint density at radius 2 is 2.09 bits per heavy atom. The third-order valence-corrected chi connectivity index (χ3v) is 5.01. The lowest BCUT2D eigenvalue weighted by atomic mass is 9.73. The molecule has 2 aromatic rings. The Labute approximate surface area is 138 Å². The van der Waals surface area contributed by atoms with Crippen molar-refractivity contribution >= 4 is 0 Å². The number of nitrogens with zero attached hydrogens (tertiary/aromatic N) is 2. The van der Waals surface area contributed by atoms with Crippen LogP contribution in [0.5, 0.6) is 0 Å². The second kappa shape index (κ2) is 7.28. The van der Waals surface area contributed by atoms with Gasteiger partial charge in [-0.3, -0.25) is 4.68 Å². The predicted octanol–water partition coefficient (Wildman–Crippen LogP) is 2.96. The average Bonchev–Trinajstić information content (AvgIpc) is 2.99. The molecule has 2 unspecified atom stereocenters. The normalized spacial score (nSPS) is 24.7. The Kier molecular flexibility index (Phi) is 5.13. The summed E-state index contributed by atoms with van der Waals surface area (Å²) in [6, 6.07) is 10.4. The molecule has 4 nitrogen and oxygen atoms in total. The SMILES string of the molecule is CC1(CNCc2cnn(Cc3ccccc3)c2)CCCCC1O. The van der Waals surface area contributed by atoms with Gasteiger partial charge >= 0.3 is 0 Å². The van der Waals surface area contributed by atoms with Crippen LogP contribution in [-0.2, 0) is 13.1 Å². The van der Waals surface area contributed by atoms with Crippen molar-refractivity contribution in [1.82, 2.24) is 15.1 Å². The van der Waals surface area contributed by atoms with Crippen LogP contribution in [0.2, 0.25) is 0 Å². The number of aromatic nitrogens is 2. The van der Waals surface area contributed by atoms with Crippen LogP contribution in [-0.4, -0.2) is 27.5 Å². The smallest absolute Gasteiger partial charge is 0.0659 e. The van der Waals surface area contributed by atoms with Gasteiger partial charge < -0.3 is 10.4 Å². The Bertz CT molecular complexity index is 610. The predicted molar refractivity (Wildman–Crippen MR) is 92.1 cm³/mol. The molecule has 1 heterocycles. The van der Waals surface area contributed by atoms with E-state index in [1.807, 2.05) is 16.9 Å². The van der Waals surface area contributed by atoms with Gasteiger partial charge in [0, 0.05) is 30.3 Å². The molecule has 0 aliphatic heterocycles. The molecule has 124 valence electrons. The van der Waals surface area contributed by atoms with Gasteiger partial charge in [-0.1, -0.05) is 50.1 Å². The monoisotopic (exact) mass is 313 g/mol. The molecule has 2 N–H and O–H groups in total. The molecule has 1 aromatic carbocycles. The highest BCUT2D eigenvalue weighted by Gasteiger charge is 2.34. The van der Waals surface area contributed by atoms with Crippen molar-refractivity contribution in [2.24, 2.45) is 5.41 Å². The van der Waals surface area contributed by atoms with Gasteiger partial charge in [-0.25, -0.2) is 0 Å². The van der Waals surface area contributed by atoms with E-state index in [1.54, 1.807) is 0 Å². The first-order valence-corrected chi connectivity index (χ1v) is 8.60. The number of aliphatic hydroxyl groups excluding tert-OH is 1. The van der Waals surface area contributed by atoms with Gasteiger partial charge in [-0.15, -0.1) is 0 Å². The van der Waals surface area contributed by atoms with Gasteiger partial charge in [0.1, 0.15) is 0 Å². The van der Waals surface area contributed by atoms with E-state index in [4.69, 9.17) is 0 Å². The number of nitrogens with one attached hydrogen (secondary N) is 1. The summed E-state index contributed by atoms with van der Waals surface area (Å²) in [5.41, 5.74) is 2.46. The number of rotatable bonds is 6. The highest BCUT2D eigenvalue weighted by atomic mass is 16.3. The van der Waals surface area contributed by atoms with Crippen LogP contribution < -0.4 is 5.32 Å². The first-order valence-electron chi connectivity index (χ1n) is 8.60. The minimum absolute atomic E-state index is 0.0122. The highest BCUT2D eigenvalue weighted by molar-refractivity contribution is 5.15. The van der Waals surface area contributed by atoms with Crippen LogP contribution in [0.1, 0.15) is 43.7 Å². The van der Waals surface area contributed by atoms with E-state index in [9.17, 15) is 5.11 Å². The summed E-state index contributed by atoms with van der Waals surface area (Å²) in [5, 5.41) is 18.2. The summed E-state index contributed by atoms with van der Waals surface area (Å²) in [6.07, 6.45) is 8.27. The Hall–Kier alpha value is -1.65. The molecule has 1 aliphatic rings. The molecule has 1 saturated carbocycles. The van der Waals surface area contributed by atoms with Crippen molar-refractivity contribution in [3.05, 3.63) is 53.9 Å². The number of benzene rings is 1. The zero-order chi connectivity index (χ0) is 16.1. The molecule has 3 rings (SSSR count). The summed E-state index contributed by atoms with van der Waals surface area (Å²) >= 11 is 0. The van der Waals surface area contributed by atoms with E-state index in [-0.39, 0.29) is 11.5 Å². The van der Waals surface area contributed by atoms with E-state index in [1.165, 1.54) is 17.5 Å². The van der Waals surface area contributed by atoms with Crippen molar-refractivity contribution < 1.29 is 5.11 Å². The van der Waals surface area contributed by atoms with Crippen molar-refractivity contribution in [3.8, 4) is 0 Å². The Balaban J connectivity index is 1.49. The third-order valence-electron chi connectivity index (χ3n) is 5.01. The first-order chi connectivity index (χ1) is 11.2. The van der Waals surface area contributed by atoms with E-state index >= 15 is 0 Å². The van der Waals surface area contributed by atoms with E-state index in [0.717, 1.165) is 38.9 Å². The molecular formula is C19H27N3O. The van der Waals surface area contributed by atoms with Crippen LogP contribution in [0, 0.1) is 5.41 Å². The molecule has 1 aromatic heterocycles. The third kappa shape index (κ3) is 4.21. The zero-order valence-corrected chi connectivity index (χ0v) is 13.9. The lowest BCUT2D eigenvalue weighted by molar-refractivity contribution is 0.00115. The standard InChI is InChI=1S/C19H27N3O/c1-19(10-6-5-9-18(19)23)15-20-11-17-12-21-22(14-17)13-16-7-3-2-4-8-16/h2-4,7-8,12,14,18,20,23H,5-6,9-11,13,15H2,1H3. The zero-order valence-electron chi connectivity index (χ0n) is 13.9. The molecule has 23 heavy (non-hydrogen) atoms. The maximum absolute atomic E-state index is 10.2.